The lowest BCUT2D eigenvalue weighted by atomic mass is 10.1. The van der Waals surface area contributed by atoms with Crippen molar-refractivity contribution < 1.29 is 14.3 Å². The molecular weight excluding hydrogens is 364 g/mol. The average Bonchev–Trinajstić information content (AvgIpc) is 2.70. The molecule has 0 spiro atoms. The molecule has 5 nitrogen and oxygen atoms in total. The number of anilines is 2. The number of carbonyl (C=O) groups excluding carboxylic acids is 2. The van der Waals surface area contributed by atoms with Crippen LogP contribution < -0.4 is 15.4 Å². The largest absolute Gasteiger partial charge is 0.484 e. The van der Waals surface area contributed by atoms with Crippen molar-refractivity contribution in [1.82, 2.24) is 0 Å². The van der Waals surface area contributed by atoms with Gasteiger partial charge in [-0.3, -0.25) is 9.59 Å². The van der Waals surface area contributed by atoms with Crippen molar-refractivity contribution in [3.8, 4) is 5.75 Å². The molecule has 5 heteroatoms. The Labute approximate surface area is 170 Å². The van der Waals surface area contributed by atoms with E-state index in [1.807, 2.05) is 57.2 Å². The molecule has 0 radical (unpaired) electrons. The van der Waals surface area contributed by atoms with Crippen LogP contribution in [0.3, 0.4) is 0 Å². The maximum atomic E-state index is 12.4. The van der Waals surface area contributed by atoms with Gasteiger partial charge >= 0.3 is 0 Å². The van der Waals surface area contributed by atoms with Crippen molar-refractivity contribution in [3.63, 3.8) is 0 Å². The molecule has 0 aliphatic carbocycles. The first-order valence-electron chi connectivity index (χ1n) is 9.39. The molecule has 0 heterocycles. The Bertz CT molecular complexity index is 1030. The molecule has 3 aromatic carbocycles. The van der Waals surface area contributed by atoms with Crippen molar-refractivity contribution in [2.24, 2.45) is 0 Å². The molecule has 148 valence electrons. The first kappa shape index (κ1) is 20.1. The molecule has 29 heavy (non-hydrogen) atoms. The number of ether oxygens (including phenoxy) is 1. The van der Waals surface area contributed by atoms with Gasteiger partial charge in [0.2, 0.25) is 0 Å². The van der Waals surface area contributed by atoms with Gasteiger partial charge in [0.25, 0.3) is 11.8 Å². The summed E-state index contributed by atoms with van der Waals surface area (Å²) < 4.78 is 5.54. The molecule has 2 N–H and O–H groups in total. The van der Waals surface area contributed by atoms with Gasteiger partial charge in [0.15, 0.2) is 6.61 Å². The highest BCUT2D eigenvalue weighted by molar-refractivity contribution is 6.05. The predicted molar refractivity (Wildman–Crippen MR) is 116 cm³/mol. The smallest absolute Gasteiger partial charge is 0.262 e. The lowest BCUT2D eigenvalue weighted by molar-refractivity contribution is -0.118. The fourth-order valence-electron chi connectivity index (χ4n) is 2.81. The first-order valence-corrected chi connectivity index (χ1v) is 9.39. The number of amides is 2. The first-order chi connectivity index (χ1) is 13.9. The van der Waals surface area contributed by atoms with E-state index in [1.54, 1.807) is 30.3 Å². The number of hydrogen-bond acceptors (Lipinski definition) is 3. The van der Waals surface area contributed by atoms with Crippen LogP contribution in [0.15, 0.2) is 66.7 Å². The summed E-state index contributed by atoms with van der Waals surface area (Å²) >= 11 is 0. The molecule has 0 fully saturated rings. The van der Waals surface area contributed by atoms with Crippen LogP contribution in [-0.4, -0.2) is 18.4 Å². The second kappa shape index (κ2) is 9.06. The summed E-state index contributed by atoms with van der Waals surface area (Å²) in [5.74, 6) is 0.249. The predicted octanol–water partition coefficient (Wildman–Crippen LogP) is 4.88. The van der Waals surface area contributed by atoms with Gasteiger partial charge in [-0.15, -0.1) is 0 Å². The second-order valence-corrected chi connectivity index (χ2v) is 6.93. The van der Waals surface area contributed by atoms with Crippen molar-refractivity contribution >= 4 is 23.2 Å². The Kier molecular flexibility index (Phi) is 6.29. The molecule has 0 unspecified atom stereocenters. The molecule has 2 amide bonds. The van der Waals surface area contributed by atoms with Gasteiger partial charge in [0.05, 0.1) is 0 Å². The monoisotopic (exact) mass is 388 g/mol. The number of aryl methyl sites for hydroxylation is 3. The molecule has 0 aromatic heterocycles. The van der Waals surface area contributed by atoms with Crippen LogP contribution in [0.1, 0.15) is 27.0 Å². The number of hydrogen-bond donors (Lipinski definition) is 2. The summed E-state index contributed by atoms with van der Waals surface area (Å²) in [5.41, 5.74) is 5.13. The number of carbonyl (C=O) groups is 2. The molecule has 0 saturated carbocycles. The van der Waals surface area contributed by atoms with Gasteiger partial charge in [-0.1, -0.05) is 24.3 Å². The van der Waals surface area contributed by atoms with Crippen LogP contribution in [0.25, 0.3) is 0 Å². The summed E-state index contributed by atoms with van der Waals surface area (Å²) in [7, 11) is 0. The van der Waals surface area contributed by atoms with Crippen LogP contribution in [0.5, 0.6) is 5.75 Å². The van der Waals surface area contributed by atoms with Gasteiger partial charge in [-0.05, 0) is 79.9 Å². The zero-order valence-corrected chi connectivity index (χ0v) is 16.8. The van der Waals surface area contributed by atoms with Crippen LogP contribution in [-0.2, 0) is 4.79 Å². The van der Waals surface area contributed by atoms with Gasteiger partial charge in [-0.25, -0.2) is 0 Å². The Morgan fingerprint density at radius 2 is 1.41 bits per heavy atom. The van der Waals surface area contributed by atoms with E-state index >= 15 is 0 Å². The van der Waals surface area contributed by atoms with Gasteiger partial charge < -0.3 is 15.4 Å². The lowest BCUT2D eigenvalue weighted by Crippen LogP contribution is -2.20. The highest BCUT2D eigenvalue weighted by Crippen LogP contribution is 2.18. The van der Waals surface area contributed by atoms with E-state index < -0.39 is 0 Å². The van der Waals surface area contributed by atoms with Crippen molar-refractivity contribution in [3.05, 3.63) is 89.0 Å². The third-order valence-corrected chi connectivity index (χ3v) is 4.66. The van der Waals surface area contributed by atoms with Crippen LogP contribution in [0.4, 0.5) is 11.4 Å². The van der Waals surface area contributed by atoms with E-state index in [0.717, 1.165) is 11.1 Å². The minimum Gasteiger partial charge on any atom is -0.484 e. The molecule has 3 rings (SSSR count). The topological polar surface area (TPSA) is 67.4 Å². The highest BCUT2D eigenvalue weighted by atomic mass is 16.5. The van der Waals surface area contributed by atoms with E-state index in [1.165, 1.54) is 5.56 Å². The summed E-state index contributed by atoms with van der Waals surface area (Å²) in [5, 5.41) is 5.64. The van der Waals surface area contributed by atoms with Crippen molar-refractivity contribution in [2.75, 3.05) is 17.2 Å². The molecule has 0 bridgehead atoms. The van der Waals surface area contributed by atoms with Crippen molar-refractivity contribution in [1.29, 1.82) is 0 Å². The SMILES string of the molecule is Cc1ccc(OCC(=O)Nc2ccc(NC(=O)c3ccccc3C)cc2)cc1C. The third-order valence-electron chi connectivity index (χ3n) is 4.66. The number of rotatable bonds is 6. The maximum absolute atomic E-state index is 12.4. The Hall–Kier alpha value is -3.60. The van der Waals surface area contributed by atoms with Gasteiger partial charge in [0.1, 0.15) is 5.75 Å². The van der Waals surface area contributed by atoms with Gasteiger partial charge in [0, 0.05) is 16.9 Å². The third kappa shape index (κ3) is 5.45. The minimum atomic E-state index is -0.250. The molecule has 0 aliphatic heterocycles. The van der Waals surface area contributed by atoms with Crippen molar-refractivity contribution in [2.45, 2.75) is 20.8 Å². The molecule has 0 aliphatic rings. The van der Waals surface area contributed by atoms with E-state index in [0.29, 0.717) is 22.7 Å². The fraction of sp³-hybridized carbons (Fsp3) is 0.167. The second-order valence-electron chi connectivity index (χ2n) is 6.93. The fourth-order valence-corrected chi connectivity index (χ4v) is 2.81. The molecule has 3 aromatic rings. The van der Waals surface area contributed by atoms with E-state index in [9.17, 15) is 9.59 Å². The lowest BCUT2D eigenvalue weighted by Gasteiger charge is -2.10. The average molecular weight is 388 g/mol. The van der Waals surface area contributed by atoms with E-state index in [-0.39, 0.29) is 18.4 Å². The minimum absolute atomic E-state index is 0.0751. The summed E-state index contributed by atoms with van der Waals surface area (Å²) in [6, 6.07) is 20.1. The zero-order valence-electron chi connectivity index (χ0n) is 16.8. The maximum Gasteiger partial charge on any atom is 0.262 e. The van der Waals surface area contributed by atoms with E-state index in [4.69, 9.17) is 4.74 Å². The molecule has 0 atom stereocenters. The Morgan fingerprint density at radius 1 is 0.759 bits per heavy atom. The van der Waals surface area contributed by atoms with Crippen LogP contribution in [0, 0.1) is 20.8 Å². The standard InChI is InChI=1S/C24H24N2O3/c1-16-8-13-21(14-18(16)3)29-15-23(27)25-19-9-11-20(12-10-19)26-24(28)22-7-5-4-6-17(22)2/h4-14H,15H2,1-3H3,(H,25,27)(H,26,28). The van der Waals surface area contributed by atoms with Crippen LogP contribution in [0.2, 0.25) is 0 Å². The van der Waals surface area contributed by atoms with Gasteiger partial charge in [-0.2, -0.15) is 0 Å². The number of benzene rings is 3. The summed E-state index contributed by atoms with van der Waals surface area (Å²) in [6.07, 6.45) is 0. The summed E-state index contributed by atoms with van der Waals surface area (Å²) in [4.78, 5) is 24.5. The Balaban J connectivity index is 1.53. The quantitative estimate of drug-likeness (QED) is 0.632. The zero-order chi connectivity index (χ0) is 20.8. The van der Waals surface area contributed by atoms with Crippen LogP contribution >= 0.6 is 0 Å². The normalized spacial score (nSPS) is 10.3. The summed E-state index contributed by atoms with van der Waals surface area (Å²) in [6.45, 7) is 5.85. The molecule has 0 saturated heterocycles. The molecular formula is C24H24N2O3. The number of nitrogens with one attached hydrogen (secondary N) is 2. The highest BCUT2D eigenvalue weighted by Gasteiger charge is 2.09. The Morgan fingerprint density at radius 3 is 2.07 bits per heavy atom. The van der Waals surface area contributed by atoms with E-state index in [2.05, 4.69) is 10.6 Å².